The first-order valence-corrected chi connectivity index (χ1v) is 11.0. The average Bonchev–Trinajstić information content (AvgIpc) is 3.30. The molecule has 0 radical (unpaired) electrons. The number of aliphatic hydroxyl groups excluding tert-OH is 1. The van der Waals surface area contributed by atoms with Crippen LogP contribution in [0.5, 0.6) is 5.75 Å². The maximum absolute atomic E-state index is 9.60. The van der Waals surface area contributed by atoms with Crippen molar-refractivity contribution in [3.05, 3.63) is 54.0 Å². The molecule has 3 N–H and O–H groups in total. The molecule has 6 nitrogen and oxygen atoms in total. The molecule has 0 aliphatic heterocycles. The Morgan fingerprint density at radius 2 is 1.90 bits per heavy atom. The van der Waals surface area contributed by atoms with Gasteiger partial charge >= 0.3 is 0 Å². The quantitative estimate of drug-likeness (QED) is 0.234. The van der Waals surface area contributed by atoms with E-state index in [-0.39, 0.29) is 36.0 Å². The third-order valence-corrected chi connectivity index (χ3v) is 6.01. The molecule has 3 rings (SSSR count). The van der Waals surface area contributed by atoms with Crippen LogP contribution in [0.15, 0.2) is 52.1 Å². The summed E-state index contributed by atoms with van der Waals surface area (Å²) in [5.74, 6) is 2.61. The van der Waals surface area contributed by atoms with Gasteiger partial charge in [0, 0.05) is 26.1 Å². The van der Waals surface area contributed by atoms with Gasteiger partial charge in [-0.2, -0.15) is 0 Å². The van der Waals surface area contributed by atoms with E-state index < -0.39 is 0 Å². The Morgan fingerprint density at radius 1 is 1.13 bits per heavy atom. The predicted octanol–water partition coefficient (Wildman–Crippen LogP) is 4.52. The van der Waals surface area contributed by atoms with E-state index in [1.807, 2.05) is 36.4 Å². The van der Waals surface area contributed by atoms with Crippen LogP contribution in [-0.2, 0) is 13.0 Å². The zero-order chi connectivity index (χ0) is 21.1. The molecule has 1 aromatic heterocycles. The number of aliphatic hydroxyl groups is 1. The van der Waals surface area contributed by atoms with Gasteiger partial charge in [-0.15, -0.1) is 24.0 Å². The molecule has 0 amide bonds. The summed E-state index contributed by atoms with van der Waals surface area (Å²) in [7, 11) is 1.67. The lowest BCUT2D eigenvalue weighted by Crippen LogP contribution is -2.45. The van der Waals surface area contributed by atoms with Crippen molar-refractivity contribution in [2.45, 2.75) is 51.5 Å². The first kappa shape index (κ1) is 25.5. The summed E-state index contributed by atoms with van der Waals surface area (Å²) in [5, 5.41) is 16.6. The second-order valence-corrected chi connectivity index (χ2v) is 8.16. The topological polar surface area (TPSA) is 79.0 Å². The van der Waals surface area contributed by atoms with E-state index in [0.717, 1.165) is 49.0 Å². The lowest BCUT2D eigenvalue weighted by atomic mass is 9.72. The lowest BCUT2D eigenvalue weighted by molar-refractivity contribution is 0.131. The Hall–Kier alpha value is -1.74. The van der Waals surface area contributed by atoms with Crippen molar-refractivity contribution in [2.24, 2.45) is 10.4 Å². The molecule has 172 valence electrons. The fourth-order valence-electron chi connectivity index (χ4n) is 4.16. The number of ether oxygens (including phenoxy) is 1. The van der Waals surface area contributed by atoms with Gasteiger partial charge in [-0.05, 0) is 54.5 Å². The molecule has 1 fully saturated rings. The van der Waals surface area contributed by atoms with Crippen molar-refractivity contribution in [3.8, 4) is 5.75 Å². The molecule has 0 saturated heterocycles. The smallest absolute Gasteiger partial charge is 0.191 e. The van der Waals surface area contributed by atoms with Crippen molar-refractivity contribution in [1.82, 2.24) is 10.6 Å². The highest BCUT2D eigenvalue weighted by molar-refractivity contribution is 14.0. The van der Waals surface area contributed by atoms with Gasteiger partial charge in [-0.25, -0.2) is 4.99 Å². The Bertz CT molecular complexity index is 751. The predicted molar refractivity (Wildman–Crippen MR) is 135 cm³/mol. The number of benzene rings is 1. The van der Waals surface area contributed by atoms with Crippen LogP contribution < -0.4 is 15.4 Å². The van der Waals surface area contributed by atoms with Gasteiger partial charge in [0.05, 0.1) is 19.9 Å². The third kappa shape index (κ3) is 8.37. The minimum absolute atomic E-state index is 0. The first-order chi connectivity index (χ1) is 14.7. The van der Waals surface area contributed by atoms with Gasteiger partial charge in [-0.3, -0.25) is 0 Å². The number of halogens is 1. The summed E-state index contributed by atoms with van der Waals surface area (Å²) in [6.45, 7) is 2.41. The van der Waals surface area contributed by atoms with Crippen molar-refractivity contribution in [1.29, 1.82) is 0 Å². The molecule has 1 aliphatic rings. The normalized spacial score (nSPS) is 15.7. The van der Waals surface area contributed by atoms with Crippen molar-refractivity contribution in [3.63, 3.8) is 0 Å². The zero-order valence-corrected chi connectivity index (χ0v) is 20.8. The van der Waals surface area contributed by atoms with Gasteiger partial charge in [0.25, 0.3) is 0 Å². The zero-order valence-electron chi connectivity index (χ0n) is 18.4. The van der Waals surface area contributed by atoms with Crippen LogP contribution in [0.25, 0.3) is 0 Å². The van der Waals surface area contributed by atoms with Crippen molar-refractivity contribution >= 4 is 29.9 Å². The standard InChI is InChI=1S/C24H35N3O3.HI/c1-29-21-9-7-20(8-10-21)18-26-23(25-15-11-22-6-5-17-30-22)27-19-24(14-16-28)12-3-2-4-13-24;/h5-10,17,28H,2-4,11-16,18-19H2,1H3,(H2,25,26,27);1H. The van der Waals surface area contributed by atoms with Crippen molar-refractivity contribution in [2.75, 3.05) is 26.8 Å². The molecule has 0 bridgehead atoms. The lowest BCUT2D eigenvalue weighted by Gasteiger charge is -2.37. The van der Waals surface area contributed by atoms with E-state index >= 15 is 0 Å². The van der Waals surface area contributed by atoms with Crippen LogP contribution in [-0.4, -0.2) is 37.9 Å². The summed E-state index contributed by atoms with van der Waals surface area (Å²) in [6, 6.07) is 11.9. The number of methoxy groups -OCH3 is 1. The maximum atomic E-state index is 9.60. The summed E-state index contributed by atoms with van der Waals surface area (Å²) in [4.78, 5) is 4.80. The van der Waals surface area contributed by atoms with Gasteiger partial charge in [0.15, 0.2) is 5.96 Å². The molecule has 7 heteroatoms. The van der Waals surface area contributed by atoms with E-state index in [9.17, 15) is 5.11 Å². The number of hydrogen-bond acceptors (Lipinski definition) is 4. The van der Waals surface area contributed by atoms with Crippen molar-refractivity contribution < 1.29 is 14.3 Å². The fraction of sp³-hybridized carbons (Fsp3) is 0.542. The van der Waals surface area contributed by atoms with E-state index in [4.69, 9.17) is 14.1 Å². The molecule has 1 saturated carbocycles. The van der Waals surface area contributed by atoms with E-state index in [1.54, 1.807) is 13.4 Å². The summed E-state index contributed by atoms with van der Waals surface area (Å²) < 4.78 is 10.7. The molecule has 0 atom stereocenters. The first-order valence-electron chi connectivity index (χ1n) is 11.0. The number of nitrogens with one attached hydrogen (secondary N) is 2. The monoisotopic (exact) mass is 541 g/mol. The largest absolute Gasteiger partial charge is 0.497 e. The minimum atomic E-state index is 0. The SMILES string of the molecule is COc1ccc(CN=C(NCCc2ccco2)NCC2(CCO)CCCCC2)cc1.I. The molecule has 0 unspecified atom stereocenters. The van der Waals surface area contributed by atoms with Crippen LogP contribution in [0.1, 0.15) is 49.8 Å². The molecule has 2 aromatic rings. The molecule has 1 heterocycles. The Morgan fingerprint density at radius 3 is 2.55 bits per heavy atom. The van der Waals surface area contributed by atoms with Crippen LogP contribution in [0, 0.1) is 5.41 Å². The average molecular weight is 541 g/mol. The summed E-state index contributed by atoms with van der Waals surface area (Å²) >= 11 is 0. The number of hydrogen-bond donors (Lipinski definition) is 3. The van der Waals surface area contributed by atoms with Crippen LogP contribution in [0.4, 0.5) is 0 Å². The molecular weight excluding hydrogens is 505 g/mol. The third-order valence-electron chi connectivity index (χ3n) is 6.01. The number of aliphatic imine (C=N–C) groups is 1. The summed E-state index contributed by atoms with van der Waals surface area (Å²) in [5.41, 5.74) is 1.29. The molecule has 31 heavy (non-hydrogen) atoms. The van der Waals surface area contributed by atoms with Gasteiger partial charge in [-0.1, -0.05) is 31.4 Å². The Labute approximate surface area is 202 Å². The van der Waals surface area contributed by atoms with Gasteiger partial charge in [0.2, 0.25) is 0 Å². The highest BCUT2D eigenvalue weighted by Gasteiger charge is 2.31. The second-order valence-electron chi connectivity index (χ2n) is 8.16. The van der Waals surface area contributed by atoms with Gasteiger partial charge in [0.1, 0.15) is 11.5 Å². The van der Waals surface area contributed by atoms with Crippen LogP contribution in [0.2, 0.25) is 0 Å². The van der Waals surface area contributed by atoms with E-state index in [2.05, 4.69) is 10.6 Å². The second kappa shape index (κ2) is 13.6. The Kier molecular flexibility index (Phi) is 11.2. The highest BCUT2D eigenvalue weighted by atomic mass is 127. The number of rotatable bonds is 10. The van der Waals surface area contributed by atoms with Crippen LogP contribution in [0.3, 0.4) is 0 Å². The molecule has 1 aromatic carbocycles. The fourth-order valence-corrected chi connectivity index (χ4v) is 4.16. The summed E-state index contributed by atoms with van der Waals surface area (Å²) in [6.07, 6.45) is 9.46. The molecule has 0 spiro atoms. The van der Waals surface area contributed by atoms with Gasteiger partial charge < -0.3 is 24.9 Å². The van der Waals surface area contributed by atoms with E-state index in [0.29, 0.717) is 6.54 Å². The maximum Gasteiger partial charge on any atom is 0.191 e. The number of furan rings is 1. The number of guanidine groups is 1. The van der Waals surface area contributed by atoms with E-state index in [1.165, 1.54) is 32.1 Å². The molecular formula is C24H36IN3O3. The molecule has 1 aliphatic carbocycles. The highest BCUT2D eigenvalue weighted by Crippen LogP contribution is 2.38. The Balaban J connectivity index is 0.00000341. The van der Waals surface area contributed by atoms with Crippen LogP contribution >= 0.6 is 24.0 Å². The minimum Gasteiger partial charge on any atom is -0.497 e. The number of nitrogens with zero attached hydrogens (tertiary/aromatic N) is 1.